The summed E-state index contributed by atoms with van der Waals surface area (Å²) in [5.74, 6) is -1.71. The number of hydrogen-bond donors (Lipinski definition) is 2. The van der Waals surface area contributed by atoms with Crippen LogP contribution in [0.4, 0.5) is 13.2 Å². The molecule has 1 fully saturated rings. The number of alkyl halides is 3. The van der Waals surface area contributed by atoms with E-state index in [9.17, 15) is 31.5 Å². The SMILES string of the molecule is CCS(=O)(=O)c1ccc([C@H](CO)NC(=O)c2cnc3c(c2)CN(C[C@H]2CC[C@H](C(F)(F)F)CO2)[C@H]3C(C)C)cc1. The summed E-state index contributed by atoms with van der Waals surface area (Å²) in [5.41, 5.74) is 2.58. The van der Waals surface area contributed by atoms with Crippen molar-refractivity contribution in [3.8, 4) is 0 Å². The topological polar surface area (TPSA) is 109 Å². The maximum atomic E-state index is 13.1. The highest BCUT2D eigenvalue weighted by molar-refractivity contribution is 7.91. The number of fused-ring (bicyclic) bond motifs is 1. The van der Waals surface area contributed by atoms with Crippen molar-refractivity contribution in [3.63, 3.8) is 0 Å². The van der Waals surface area contributed by atoms with Crippen LogP contribution in [0, 0.1) is 11.8 Å². The van der Waals surface area contributed by atoms with E-state index in [1.54, 1.807) is 25.1 Å². The summed E-state index contributed by atoms with van der Waals surface area (Å²) in [6.07, 6.45) is -2.68. The minimum atomic E-state index is -4.25. The molecule has 8 nitrogen and oxygen atoms in total. The molecule has 4 rings (SSSR count). The van der Waals surface area contributed by atoms with E-state index in [1.165, 1.54) is 18.3 Å². The molecule has 2 aromatic rings. The van der Waals surface area contributed by atoms with Gasteiger partial charge in [-0.05, 0) is 48.1 Å². The van der Waals surface area contributed by atoms with Crippen LogP contribution in [0.3, 0.4) is 0 Å². The van der Waals surface area contributed by atoms with Gasteiger partial charge in [0.2, 0.25) is 0 Å². The van der Waals surface area contributed by atoms with E-state index >= 15 is 0 Å². The molecule has 1 aromatic carbocycles. The lowest BCUT2D eigenvalue weighted by Crippen LogP contribution is -2.41. The fourth-order valence-electron chi connectivity index (χ4n) is 5.46. The number of amides is 1. The summed E-state index contributed by atoms with van der Waals surface area (Å²) in [5, 5.41) is 12.7. The maximum Gasteiger partial charge on any atom is 0.394 e. The van der Waals surface area contributed by atoms with Crippen molar-refractivity contribution in [1.29, 1.82) is 0 Å². The number of carbonyl (C=O) groups is 1. The molecule has 0 radical (unpaired) electrons. The number of carbonyl (C=O) groups excluding carboxylic acids is 1. The quantitative estimate of drug-likeness (QED) is 0.455. The number of aliphatic hydroxyl groups excluding tert-OH is 1. The van der Waals surface area contributed by atoms with Crippen molar-refractivity contribution in [2.75, 3.05) is 25.5 Å². The number of sulfone groups is 1. The van der Waals surface area contributed by atoms with Crippen LogP contribution in [0.1, 0.15) is 72.9 Å². The predicted molar refractivity (Wildman–Crippen MR) is 142 cm³/mol. The summed E-state index contributed by atoms with van der Waals surface area (Å²) < 4.78 is 68.8. The van der Waals surface area contributed by atoms with Gasteiger partial charge >= 0.3 is 6.18 Å². The van der Waals surface area contributed by atoms with Crippen LogP contribution in [-0.2, 0) is 21.1 Å². The van der Waals surface area contributed by atoms with Crippen LogP contribution in [0.5, 0.6) is 0 Å². The molecule has 40 heavy (non-hydrogen) atoms. The van der Waals surface area contributed by atoms with Gasteiger partial charge in [-0.15, -0.1) is 0 Å². The normalized spacial score (nSPS) is 22.8. The first-order valence-corrected chi connectivity index (χ1v) is 15.1. The Morgan fingerprint density at radius 3 is 2.48 bits per heavy atom. The van der Waals surface area contributed by atoms with Crippen molar-refractivity contribution in [2.45, 2.75) is 69.4 Å². The van der Waals surface area contributed by atoms with Crippen molar-refractivity contribution in [3.05, 3.63) is 58.9 Å². The molecule has 2 N–H and O–H groups in total. The molecule has 220 valence electrons. The van der Waals surface area contributed by atoms with Gasteiger partial charge in [0.1, 0.15) is 0 Å². The van der Waals surface area contributed by atoms with Gasteiger partial charge < -0.3 is 15.2 Å². The fourth-order valence-corrected chi connectivity index (χ4v) is 6.35. The van der Waals surface area contributed by atoms with Gasteiger partial charge in [0.25, 0.3) is 5.91 Å². The van der Waals surface area contributed by atoms with E-state index in [2.05, 4.69) is 29.0 Å². The van der Waals surface area contributed by atoms with Gasteiger partial charge in [0, 0.05) is 19.3 Å². The Balaban J connectivity index is 1.44. The number of benzene rings is 1. The lowest BCUT2D eigenvalue weighted by atomic mass is 9.96. The lowest BCUT2D eigenvalue weighted by molar-refractivity contribution is -0.209. The maximum absolute atomic E-state index is 13.1. The Hall–Kier alpha value is -2.54. The summed E-state index contributed by atoms with van der Waals surface area (Å²) in [4.78, 5) is 20.0. The number of ether oxygens (including phenoxy) is 1. The van der Waals surface area contributed by atoms with Gasteiger partial charge in [0.15, 0.2) is 9.84 Å². The van der Waals surface area contributed by atoms with Gasteiger partial charge in [0.05, 0.1) is 59.2 Å². The zero-order valence-corrected chi connectivity index (χ0v) is 23.6. The van der Waals surface area contributed by atoms with Crippen LogP contribution in [0.25, 0.3) is 0 Å². The Labute approximate surface area is 232 Å². The summed E-state index contributed by atoms with van der Waals surface area (Å²) in [7, 11) is -3.37. The Morgan fingerprint density at radius 2 is 1.93 bits per heavy atom. The largest absolute Gasteiger partial charge is 0.394 e. The minimum absolute atomic E-state index is 0.0286. The third kappa shape index (κ3) is 6.67. The molecule has 2 aliphatic heterocycles. The predicted octanol–water partition coefficient (Wildman–Crippen LogP) is 4.21. The highest BCUT2D eigenvalue weighted by Gasteiger charge is 2.43. The zero-order chi connectivity index (χ0) is 29.2. The molecule has 2 aliphatic rings. The van der Waals surface area contributed by atoms with Gasteiger partial charge in [-0.25, -0.2) is 8.42 Å². The molecular formula is C28H36F3N3O5S. The molecule has 3 heterocycles. The number of halogens is 3. The van der Waals surface area contributed by atoms with Crippen molar-refractivity contribution in [1.82, 2.24) is 15.2 Å². The minimum Gasteiger partial charge on any atom is -0.394 e. The Kier molecular flexibility index (Phi) is 9.23. The summed E-state index contributed by atoms with van der Waals surface area (Å²) in [6, 6.07) is 7.02. The smallest absolute Gasteiger partial charge is 0.394 e. The van der Waals surface area contributed by atoms with Gasteiger partial charge in [-0.1, -0.05) is 32.9 Å². The van der Waals surface area contributed by atoms with Crippen molar-refractivity contribution in [2.24, 2.45) is 11.8 Å². The van der Waals surface area contributed by atoms with Crippen LogP contribution in [-0.4, -0.2) is 67.1 Å². The Bertz CT molecular complexity index is 1290. The number of hydrogen-bond acceptors (Lipinski definition) is 7. The molecule has 1 amide bonds. The summed E-state index contributed by atoms with van der Waals surface area (Å²) in [6.45, 7) is 5.92. The Morgan fingerprint density at radius 1 is 1.23 bits per heavy atom. The van der Waals surface area contributed by atoms with Crippen molar-refractivity contribution < 1.29 is 36.2 Å². The molecule has 0 spiro atoms. The monoisotopic (exact) mass is 583 g/mol. The molecule has 4 atom stereocenters. The standard InChI is InChI=1S/C28H36F3N3O5S/c1-4-40(37,38)23-9-5-18(6-10-23)24(15-35)33-27(36)19-11-20-13-34(26(17(2)3)25(20)32-12-19)14-22-8-7-21(16-39-22)28(29,30)31/h5-6,9-12,17,21-22,24,26,35H,4,7-8,13-16H2,1-3H3,(H,33,36)/t21-,22+,24-,26-/m0/s1. The van der Waals surface area contributed by atoms with Crippen LogP contribution in [0.2, 0.25) is 0 Å². The molecular weight excluding hydrogens is 547 g/mol. The third-order valence-electron chi connectivity index (χ3n) is 7.72. The van der Waals surface area contributed by atoms with E-state index in [4.69, 9.17) is 4.74 Å². The molecule has 0 saturated carbocycles. The average molecular weight is 584 g/mol. The molecule has 1 saturated heterocycles. The molecule has 0 bridgehead atoms. The fraction of sp³-hybridized carbons (Fsp3) is 0.571. The van der Waals surface area contributed by atoms with Crippen LogP contribution in [0.15, 0.2) is 41.4 Å². The van der Waals surface area contributed by atoms with Gasteiger partial charge in [-0.3, -0.25) is 14.7 Å². The molecule has 12 heteroatoms. The second-order valence-corrected chi connectivity index (χ2v) is 13.1. The summed E-state index contributed by atoms with van der Waals surface area (Å²) >= 11 is 0. The first-order valence-electron chi connectivity index (χ1n) is 13.5. The number of rotatable bonds is 9. The van der Waals surface area contributed by atoms with E-state index < -0.39 is 33.9 Å². The lowest BCUT2D eigenvalue weighted by Gasteiger charge is -2.35. The first-order chi connectivity index (χ1) is 18.8. The molecule has 1 aromatic heterocycles. The second-order valence-electron chi connectivity index (χ2n) is 10.8. The zero-order valence-electron chi connectivity index (χ0n) is 22.8. The number of aromatic nitrogens is 1. The van der Waals surface area contributed by atoms with E-state index in [0.29, 0.717) is 30.6 Å². The third-order valence-corrected chi connectivity index (χ3v) is 9.47. The number of aliphatic hydroxyl groups is 1. The van der Waals surface area contributed by atoms with E-state index in [1.807, 2.05) is 0 Å². The highest BCUT2D eigenvalue weighted by Crippen LogP contribution is 2.39. The van der Waals surface area contributed by atoms with E-state index in [-0.39, 0.29) is 48.3 Å². The van der Waals surface area contributed by atoms with E-state index in [0.717, 1.165) is 11.3 Å². The second kappa shape index (κ2) is 12.1. The molecule has 0 aliphatic carbocycles. The molecule has 0 unspecified atom stereocenters. The number of nitrogens with one attached hydrogen (secondary N) is 1. The van der Waals surface area contributed by atoms with Gasteiger partial charge in [-0.2, -0.15) is 13.2 Å². The number of pyridine rings is 1. The van der Waals surface area contributed by atoms with Crippen molar-refractivity contribution >= 4 is 15.7 Å². The van der Waals surface area contributed by atoms with Crippen LogP contribution >= 0.6 is 0 Å². The first kappa shape index (κ1) is 30.4. The average Bonchev–Trinajstić information content (AvgIpc) is 3.28. The number of nitrogens with zero attached hydrogens (tertiary/aromatic N) is 2. The van der Waals surface area contributed by atoms with Crippen LogP contribution < -0.4 is 5.32 Å². The highest BCUT2D eigenvalue weighted by atomic mass is 32.2.